The fourth-order valence-electron chi connectivity index (χ4n) is 1.47. The van der Waals surface area contributed by atoms with Crippen molar-refractivity contribution in [1.29, 1.82) is 0 Å². The molecule has 1 unspecified atom stereocenters. The second-order valence-corrected chi connectivity index (χ2v) is 4.59. The van der Waals surface area contributed by atoms with Gasteiger partial charge in [-0.05, 0) is 24.8 Å². The average Bonchev–Trinajstić information content (AvgIpc) is 2.34. The Morgan fingerprint density at radius 3 is 2.69 bits per heavy atom. The molecule has 0 spiro atoms. The first-order valence-corrected chi connectivity index (χ1v) is 7.16. The van der Waals surface area contributed by atoms with Crippen LogP contribution in [0.1, 0.15) is 13.3 Å². The Balaban J connectivity index is 2.11. The lowest BCUT2D eigenvalue weighted by atomic mass is 10.2. The van der Waals surface area contributed by atoms with Gasteiger partial charge in [-0.25, -0.2) is 0 Å². The van der Waals surface area contributed by atoms with Crippen molar-refractivity contribution < 1.29 is 4.74 Å². The molecule has 1 rings (SSSR count). The van der Waals surface area contributed by atoms with Crippen molar-refractivity contribution in [2.75, 3.05) is 25.2 Å². The van der Waals surface area contributed by atoms with E-state index in [1.807, 2.05) is 42.1 Å². The lowest BCUT2D eigenvalue weighted by Crippen LogP contribution is -2.33. The maximum atomic E-state index is 5.61. The van der Waals surface area contributed by atoms with Gasteiger partial charge in [-0.15, -0.1) is 0 Å². The Kier molecular flexibility index (Phi) is 7.10. The summed E-state index contributed by atoms with van der Waals surface area (Å²) in [6, 6.07) is 10.6. The average molecular weight is 239 g/mol. The van der Waals surface area contributed by atoms with Crippen molar-refractivity contribution in [2.45, 2.75) is 19.4 Å². The van der Waals surface area contributed by atoms with Crippen molar-refractivity contribution in [3.8, 4) is 5.75 Å². The monoisotopic (exact) mass is 239 g/mol. The lowest BCUT2D eigenvalue weighted by Gasteiger charge is -2.15. The van der Waals surface area contributed by atoms with Crippen LogP contribution in [0.5, 0.6) is 5.75 Å². The molecule has 1 atom stereocenters. The molecule has 0 saturated heterocycles. The van der Waals surface area contributed by atoms with Gasteiger partial charge in [0.15, 0.2) is 0 Å². The highest BCUT2D eigenvalue weighted by Crippen LogP contribution is 2.07. The first-order valence-electron chi connectivity index (χ1n) is 5.77. The fraction of sp³-hybridized carbons (Fsp3) is 0.538. The largest absolute Gasteiger partial charge is 0.492 e. The highest BCUT2D eigenvalue weighted by molar-refractivity contribution is 7.98. The zero-order valence-electron chi connectivity index (χ0n) is 10.1. The van der Waals surface area contributed by atoms with Gasteiger partial charge in [0.25, 0.3) is 0 Å². The van der Waals surface area contributed by atoms with E-state index in [0.717, 1.165) is 18.9 Å². The van der Waals surface area contributed by atoms with Crippen LogP contribution in [0.15, 0.2) is 30.3 Å². The van der Waals surface area contributed by atoms with Gasteiger partial charge in [0.1, 0.15) is 12.4 Å². The minimum absolute atomic E-state index is 0.606. The van der Waals surface area contributed by atoms with Gasteiger partial charge >= 0.3 is 0 Å². The fourth-order valence-corrected chi connectivity index (χ4v) is 2.23. The minimum atomic E-state index is 0.606. The summed E-state index contributed by atoms with van der Waals surface area (Å²) in [5.74, 6) is 2.11. The van der Waals surface area contributed by atoms with Crippen LogP contribution in [-0.2, 0) is 0 Å². The molecule has 1 N–H and O–H groups in total. The van der Waals surface area contributed by atoms with Crippen LogP contribution < -0.4 is 10.1 Å². The number of para-hydroxylation sites is 1. The van der Waals surface area contributed by atoms with E-state index in [1.54, 1.807) is 0 Å². The standard InChI is InChI=1S/C13H21NOS/c1-3-12(11-16-2)14-9-10-15-13-7-5-4-6-8-13/h4-8,12,14H,3,9-11H2,1-2H3. The van der Waals surface area contributed by atoms with E-state index in [0.29, 0.717) is 6.04 Å². The molecular formula is C13H21NOS. The SMILES string of the molecule is CCC(CSC)NCCOc1ccccc1. The van der Waals surface area contributed by atoms with Gasteiger partial charge in [0.05, 0.1) is 0 Å². The molecule has 0 radical (unpaired) electrons. The molecule has 0 bridgehead atoms. The summed E-state index contributed by atoms with van der Waals surface area (Å²) >= 11 is 1.89. The Bertz CT molecular complexity index is 266. The molecule has 0 amide bonds. The number of hydrogen-bond donors (Lipinski definition) is 1. The Hall–Kier alpha value is -0.670. The zero-order valence-corrected chi connectivity index (χ0v) is 10.9. The molecule has 0 aliphatic rings. The molecule has 16 heavy (non-hydrogen) atoms. The molecule has 0 saturated carbocycles. The number of rotatable bonds is 8. The Morgan fingerprint density at radius 1 is 1.31 bits per heavy atom. The third-order valence-corrected chi connectivity index (χ3v) is 3.14. The predicted octanol–water partition coefficient (Wildman–Crippen LogP) is 2.80. The van der Waals surface area contributed by atoms with E-state index in [1.165, 1.54) is 12.2 Å². The zero-order chi connectivity index (χ0) is 11.6. The van der Waals surface area contributed by atoms with Crippen LogP contribution in [0.2, 0.25) is 0 Å². The molecule has 90 valence electrons. The van der Waals surface area contributed by atoms with Crippen LogP contribution in [0, 0.1) is 0 Å². The van der Waals surface area contributed by atoms with E-state index in [-0.39, 0.29) is 0 Å². The summed E-state index contributed by atoms with van der Waals surface area (Å²) in [5.41, 5.74) is 0. The lowest BCUT2D eigenvalue weighted by molar-refractivity contribution is 0.306. The van der Waals surface area contributed by atoms with Crippen LogP contribution in [0.3, 0.4) is 0 Å². The Labute approximate surface area is 103 Å². The Morgan fingerprint density at radius 2 is 2.06 bits per heavy atom. The smallest absolute Gasteiger partial charge is 0.119 e. The van der Waals surface area contributed by atoms with Crippen LogP contribution >= 0.6 is 11.8 Å². The van der Waals surface area contributed by atoms with Crippen molar-refractivity contribution in [3.05, 3.63) is 30.3 Å². The first-order chi connectivity index (χ1) is 7.86. The van der Waals surface area contributed by atoms with Gasteiger partial charge in [0, 0.05) is 18.3 Å². The predicted molar refractivity (Wildman–Crippen MR) is 72.4 cm³/mol. The van der Waals surface area contributed by atoms with Crippen LogP contribution in [-0.4, -0.2) is 31.2 Å². The highest BCUT2D eigenvalue weighted by Gasteiger charge is 2.03. The number of hydrogen-bond acceptors (Lipinski definition) is 3. The second kappa shape index (κ2) is 8.48. The number of nitrogens with one attached hydrogen (secondary N) is 1. The maximum absolute atomic E-state index is 5.61. The molecule has 0 aliphatic heterocycles. The summed E-state index contributed by atoms with van der Waals surface area (Å²) in [7, 11) is 0. The van der Waals surface area contributed by atoms with Crippen molar-refractivity contribution in [1.82, 2.24) is 5.32 Å². The summed E-state index contributed by atoms with van der Waals surface area (Å²) < 4.78 is 5.61. The molecule has 0 aromatic heterocycles. The van der Waals surface area contributed by atoms with Crippen LogP contribution in [0.4, 0.5) is 0 Å². The molecule has 3 heteroatoms. The van der Waals surface area contributed by atoms with Gasteiger partial charge in [-0.1, -0.05) is 25.1 Å². The molecule has 1 aromatic rings. The molecule has 0 heterocycles. The quantitative estimate of drug-likeness (QED) is 0.705. The van der Waals surface area contributed by atoms with E-state index in [4.69, 9.17) is 4.74 Å². The van der Waals surface area contributed by atoms with Crippen molar-refractivity contribution in [2.24, 2.45) is 0 Å². The molecule has 1 aromatic carbocycles. The van der Waals surface area contributed by atoms with Gasteiger partial charge in [-0.2, -0.15) is 11.8 Å². The van der Waals surface area contributed by atoms with Gasteiger partial charge < -0.3 is 10.1 Å². The van der Waals surface area contributed by atoms with Gasteiger partial charge in [-0.3, -0.25) is 0 Å². The molecular weight excluding hydrogens is 218 g/mol. The summed E-state index contributed by atoms with van der Waals surface area (Å²) in [6.45, 7) is 3.86. The second-order valence-electron chi connectivity index (χ2n) is 3.68. The van der Waals surface area contributed by atoms with E-state index < -0.39 is 0 Å². The highest BCUT2D eigenvalue weighted by atomic mass is 32.2. The third kappa shape index (κ3) is 5.42. The summed E-state index contributed by atoms with van der Waals surface area (Å²) in [5, 5.41) is 3.49. The number of benzene rings is 1. The van der Waals surface area contributed by atoms with E-state index in [2.05, 4.69) is 18.5 Å². The molecule has 0 aliphatic carbocycles. The number of thioether (sulfide) groups is 1. The number of ether oxygens (including phenoxy) is 1. The summed E-state index contributed by atoms with van der Waals surface area (Å²) in [4.78, 5) is 0. The summed E-state index contributed by atoms with van der Waals surface area (Å²) in [6.07, 6.45) is 3.32. The van der Waals surface area contributed by atoms with Crippen molar-refractivity contribution in [3.63, 3.8) is 0 Å². The normalized spacial score (nSPS) is 12.4. The first kappa shape index (κ1) is 13.4. The van der Waals surface area contributed by atoms with E-state index in [9.17, 15) is 0 Å². The van der Waals surface area contributed by atoms with E-state index >= 15 is 0 Å². The topological polar surface area (TPSA) is 21.3 Å². The van der Waals surface area contributed by atoms with Crippen molar-refractivity contribution >= 4 is 11.8 Å². The third-order valence-electron chi connectivity index (χ3n) is 2.41. The minimum Gasteiger partial charge on any atom is -0.492 e. The van der Waals surface area contributed by atoms with Gasteiger partial charge in [0.2, 0.25) is 0 Å². The molecule has 0 fully saturated rings. The maximum Gasteiger partial charge on any atom is 0.119 e. The molecule has 2 nitrogen and oxygen atoms in total. The van der Waals surface area contributed by atoms with Crippen LogP contribution in [0.25, 0.3) is 0 Å².